The maximum Gasteiger partial charge on any atom is 0.410 e. The topological polar surface area (TPSA) is 65.4 Å². The summed E-state index contributed by atoms with van der Waals surface area (Å²) < 4.78 is 5.39. The molecule has 108 valence electrons. The van der Waals surface area contributed by atoms with Gasteiger partial charge in [0, 0.05) is 32.1 Å². The van der Waals surface area contributed by atoms with Gasteiger partial charge in [-0.1, -0.05) is 0 Å². The van der Waals surface area contributed by atoms with Crippen LogP contribution in [0.2, 0.25) is 0 Å². The number of carbonyl (C=O) groups is 1. The summed E-state index contributed by atoms with van der Waals surface area (Å²) in [5.41, 5.74) is -0.437. The number of rotatable bonds is 3. The summed E-state index contributed by atoms with van der Waals surface area (Å²) in [6, 6.07) is 2.53. The van der Waals surface area contributed by atoms with Crippen LogP contribution < -0.4 is 5.32 Å². The van der Waals surface area contributed by atoms with Gasteiger partial charge in [0.2, 0.25) is 0 Å². The molecule has 1 aliphatic heterocycles. The lowest BCUT2D eigenvalue weighted by Crippen LogP contribution is -2.38. The summed E-state index contributed by atoms with van der Waals surface area (Å²) in [6.07, 6.45) is 3.26. The highest BCUT2D eigenvalue weighted by atomic mass is 16.6. The lowest BCUT2D eigenvalue weighted by atomic mass is 10.1. The van der Waals surface area contributed by atoms with Crippen LogP contribution in [0.15, 0.2) is 0 Å². The molecule has 1 saturated heterocycles. The van der Waals surface area contributed by atoms with E-state index in [9.17, 15) is 4.79 Å². The first-order chi connectivity index (χ1) is 8.92. The molecule has 0 bridgehead atoms. The van der Waals surface area contributed by atoms with Crippen LogP contribution in [-0.4, -0.2) is 42.3 Å². The fourth-order valence-corrected chi connectivity index (χ4v) is 2.14. The molecule has 0 radical (unpaired) electrons. The van der Waals surface area contributed by atoms with Crippen LogP contribution in [0.3, 0.4) is 0 Å². The van der Waals surface area contributed by atoms with Crippen molar-refractivity contribution in [2.75, 3.05) is 19.6 Å². The second-order valence-corrected chi connectivity index (χ2v) is 5.96. The van der Waals surface area contributed by atoms with Crippen LogP contribution in [-0.2, 0) is 4.74 Å². The molecule has 1 heterocycles. The van der Waals surface area contributed by atoms with Gasteiger partial charge < -0.3 is 15.0 Å². The fraction of sp³-hybridized carbons (Fsp3) is 0.857. The average Bonchev–Trinajstić information content (AvgIpc) is 2.53. The first-order valence-electron chi connectivity index (χ1n) is 7.00. The summed E-state index contributed by atoms with van der Waals surface area (Å²) in [4.78, 5) is 13.8. The third-order valence-corrected chi connectivity index (χ3v) is 3.05. The molecule has 0 aromatic heterocycles. The normalized spacial score (nSPS) is 20.5. The highest BCUT2D eigenvalue weighted by molar-refractivity contribution is 5.68. The van der Waals surface area contributed by atoms with E-state index >= 15 is 0 Å². The SMILES string of the molecule is CC(C)(C)OC(=O)N1CCCC(NCCC#N)CC1. The zero-order valence-corrected chi connectivity index (χ0v) is 12.2. The van der Waals surface area contributed by atoms with Gasteiger partial charge in [0.1, 0.15) is 5.60 Å². The molecule has 5 heteroatoms. The average molecular weight is 267 g/mol. The quantitative estimate of drug-likeness (QED) is 0.797. The Bertz CT molecular complexity index is 331. The Morgan fingerprint density at radius 3 is 2.79 bits per heavy atom. The molecule has 1 fully saturated rings. The second-order valence-electron chi connectivity index (χ2n) is 5.96. The van der Waals surface area contributed by atoms with Crippen LogP contribution in [0.4, 0.5) is 4.79 Å². The maximum absolute atomic E-state index is 12.0. The minimum Gasteiger partial charge on any atom is -0.444 e. The molecule has 0 aromatic rings. The van der Waals surface area contributed by atoms with E-state index in [-0.39, 0.29) is 6.09 Å². The fourth-order valence-electron chi connectivity index (χ4n) is 2.14. The minimum atomic E-state index is -0.437. The van der Waals surface area contributed by atoms with Gasteiger partial charge in [-0.05, 0) is 40.0 Å². The molecule has 0 saturated carbocycles. The third-order valence-electron chi connectivity index (χ3n) is 3.05. The number of hydrogen-bond donors (Lipinski definition) is 1. The molecule has 1 rings (SSSR count). The number of nitriles is 1. The molecule has 0 spiro atoms. The summed E-state index contributed by atoms with van der Waals surface area (Å²) in [6.45, 7) is 7.86. The first kappa shape index (κ1) is 15.8. The van der Waals surface area contributed by atoms with E-state index in [0.717, 1.165) is 38.9 Å². The van der Waals surface area contributed by atoms with E-state index in [1.165, 1.54) is 0 Å². The van der Waals surface area contributed by atoms with Crippen molar-refractivity contribution < 1.29 is 9.53 Å². The van der Waals surface area contributed by atoms with Crippen molar-refractivity contribution in [1.82, 2.24) is 10.2 Å². The van der Waals surface area contributed by atoms with Crippen LogP contribution in [0.5, 0.6) is 0 Å². The third kappa shape index (κ3) is 6.44. The van der Waals surface area contributed by atoms with Crippen LogP contribution >= 0.6 is 0 Å². The van der Waals surface area contributed by atoms with Gasteiger partial charge in [-0.15, -0.1) is 0 Å². The van der Waals surface area contributed by atoms with Crippen molar-refractivity contribution in [3.63, 3.8) is 0 Å². The summed E-state index contributed by atoms with van der Waals surface area (Å²) in [7, 11) is 0. The number of carbonyl (C=O) groups excluding carboxylic acids is 1. The Labute approximate surface area is 115 Å². The highest BCUT2D eigenvalue weighted by Gasteiger charge is 2.24. The molecule has 1 amide bonds. The predicted molar refractivity (Wildman–Crippen MR) is 73.7 cm³/mol. The van der Waals surface area contributed by atoms with E-state index in [1.54, 1.807) is 4.90 Å². The number of nitrogens with zero attached hydrogens (tertiary/aromatic N) is 2. The Balaban J connectivity index is 2.37. The molecule has 0 aliphatic carbocycles. The van der Waals surface area contributed by atoms with Crippen molar-refractivity contribution in [2.45, 2.75) is 58.1 Å². The number of ether oxygens (including phenoxy) is 1. The molecule has 0 aromatic carbocycles. The van der Waals surface area contributed by atoms with Crippen molar-refractivity contribution in [1.29, 1.82) is 5.26 Å². The van der Waals surface area contributed by atoms with Gasteiger partial charge in [0.25, 0.3) is 0 Å². The Morgan fingerprint density at radius 1 is 1.42 bits per heavy atom. The first-order valence-corrected chi connectivity index (χ1v) is 7.00. The van der Waals surface area contributed by atoms with E-state index in [2.05, 4.69) is 11.4 Å². The van der Waals surface area contributed by atoms with Gasteiger partial charge >= 0.3 is 6.09 Å². The molecular weight excluding hydrogens is 242 g/mol. The van der Waals surface area contributed by atoms with Crippen molar-refractivity contribution in [2.24, 2.45) is 0 Å². The van der Waals surface area contributed by atoms with Gasteiger partial charge in [-0.25, -0.2) is 4.79 Å². The van der Waals surface area contributed by atoms with E-state index in [1.807, 2.05) is 20.8 Å². The standard InChI is InChI=1S/C14H25N3O2/c1-14(2,3)19-13(18)17-10-4-6-12(7-11-17)16-9-5-8-15/h12,16H,4-7,9-11H2,1-3H3. The Hall–Kier alpha value is -1.28. The number of amides is 1. The largest absolute Gasteiger partial charge is 0.444 e. The zero-order chi connectivity index (χ0) is 14.3. The molecule has 1 atom stereocenters. The second kappa shape index (κ2) is 7.34. The molecule has 19 heavy (non-hydrogen) atoms. The molecule has 5 nitrogen and oxygen atoms in total. The summed E-state index contributed by atoms with van der Waals surface area (Å²) in [5.74, 6) is 0. The smallest absolute Gasteiger partial charge is 0.410 e. The van der Waals surface area contributed by atoms with Crippen molar-refractivity contribution in [3.05, 3.63) is 0 Å². The highest BCUT2D eigenvalue weighted by Crippen LogP contribution is 2.15. The van der Waals surface area contributed by atoms with Crippen LogP contribution in [0, 0.1) is 11.3 Å². The number of nitrogens with one attached hydrogen (secondary N) is 1. The summed E-state index contributed by atoms with van der Waals surface area (Å²) >= 11 is 0. The molecule has 1 N–H and O–H groups in total. The Kier molecular flexibility index (Phi) is 6.10. The van der Waals surface area contributed by atoms with Gasteiger partial charge in [-0.2, -0.15) is 5.26 Å². The maximum atomic E-state index is 12.0. The van der Waals surface area contributed by atoms with E-state index < -0.39 is 5.60 Å². The Morgan fingerprint density at radius 2 is 2.16 bits per heavy atom. The minimum absolute atomic E-state index is 0.217. The van der Waals surface area contributed by atoms with Gasteiger partial charge in [0.05, 0.1) is 6.07 Å². The monoisotopic (exact) mass is 267 g/mol. The molecule has 1 unspecified atom stereocenters. The van der Waals surface area contributed by atoms with Crippen molar-refractivity contribution in [3.8, 4) is 6.07 Å². The lowest BCUT2D eigenvalue weighted by Gasteiger charge is -2.26. The zero-order valence-electron chi connectivity index (χ0n) is 12.2. The number of likely N-dealkylation sites (tertiary alicyclic amines) is 1. The van der Waals surface area contributed by atoms with Gasteiger partial charge in [0.15, 0.2) is 0 Å². The van der Waals surface area contributed by atoms with Crippen LogP contribution in [0.1, 0.15) is 46.5 Å². The summed E-state index contributed by atoms with van der Waals surface area (Å²) in [5, 5.41) is 11.9. The van der Waals surface area contributed by atoms with Crippen LogP contribution in [0.25, 0.3) is 0 Å². The van der Waals surface area contributed by atoms with E-state index in [0.29, 0.717) is 12.5 Å². The molecule has 1 aliphatic rings. The van der Waals surface area contributed by atoms with E-state index in [4.69, 9.17) is 10.00 Å². The van der Waals surface area contributed by atoms with Crippen molar-refractivity contribution >= 4 is 6.09 Å². The number of hydrogen-bond acceptors (Lipinski definition) is 4. The van der Waals surface area contributed by atoms with Gasteiger partial charge in [-0.3, -0.25) is 0 Å². The predicted octanol–water partition coefficient (Wildman–Crippen LogP) is 2.28. The lowest BCUT2D eigenvalue weighted by molar-refractivity contribution is 0.0256. The molecular formula is C14H25N3O2.